The normalized spacial score (nSPS) is 14.3. The van der Waals surface area contributed by atoms with Crippen LogP contribution in [0.4, 0.5) is 8.78 Å². The summed E-state index contributed by atoms with van der Waals surface area (Å²) in [5.41, 5.74) is 3.08. The summed E-state index contributed by atoms with van der Waals surface area (Å²) < 4.78 is 27.6. The average Bonchev–Trinajstić information content (AvgIpc) is 3.15. The van der Waals surface area contributed by atoms with Crippen molar-refractivity contribution in [2.75, 3.05) is 13.1 Å². The third-order valence-corrected chi connectivity index (χ3v) is 6.71. The molecule has 0 bridgehead atoms. The highest BCUT2D eigenvalue weighted by atomic mass is 19.1. The summed E-state index contributed by atoms with van der Waals surface area (Å²) >= 11 is 0. The summed E-state index contributed by atoms with van der Waals surface area (Å²) in [7, 11) is 0. The summed E-state index contributed by atoms with van der Waals surface area (Å²) in [6.07, 6.45) is -0.408. The molecule has 3 N–H and O–H groups in total. The van der Waals surface area contributed by atoms with Crippen molar-refractivity contribution in [1.29, 1.82) is 0 Å². The smallest absolute Gasteiger partial charge is 0.261 e. The number of amides is 3. The molecule has 4 rings (SSSR count). The molecule has 0 unspecified atom stereocenters. The van der Waals surface area contributed by atoms with E-state index in [0.29, 0.717) is 17.7 Å². The van der Waals surface area contributed by atoms with E-state index < -0.39 is 41.5 Å². The number of imide groups is 1. The number of rotatable bonds is 12. The minimum Gasteiger partial charge on any atom is -0.390 e. The van der Waals surface area contributed by atoms with Crippen molar-refractivity contribution in [3.63, 3.8) is 0 Å². The predicted octanol–water partition coefficient (Wildman–Crippen LogP) is 3.39. The molecule has 1 heterocycles. The van der Waals surface area contributed by atoms with Crippen molar-refractivity contribution in [1.82, 2.24) is 15.5 Å². The summed E-state index contributed by atoms with van der Waals surface area (Å²) in [5, 5.41) is 16.8. The van der Waals surface area contributed by atoms with Crippen LogP contribution in [0.25, 0.3) is 0 Å². The number of carbonyl (C=O) groups is 3. The summed E-state index contributed by atoms with van der Waals surface area (Å²) in [4.78, 5) is 39.0. The van der Waals surface area contributed by atoms with Gasteiger partial charge in [-0.05, 0) is 53.8 Å². The topological polar surface area (TPSA) is 98.7 Å². The number of halogens is 2. The molecule has 3 amide bonds. The van der Waals surface area contributed by atoms with Gasteiger partial charge in [-0.2, -0.15) is 0 Å². The fraction of sp³-hybridized carbons (Fsp3) is 0.300. The standard InChI is InChI=1S/C30H31F2N3O4/c1-2-19-6-5-7-20(12-19)17-33-18-27(36)26(15-21-13-22(31)16-23(32)14-21)34-28(37)10-11-35-29(38)24-8-3-4-9-25(24)30(35)39/h3-9,12-14,16,26-27,33,36H,2,10-11,15,17-18H2,1H3,(H,34,37)/t26-,27+/m0/s1. The van der Waals surface area contributed by atoms with Gasteiger partial charge in [-0.25, -0.2) is 8.78 Å². The minimum atomic E-state index is -1.09. The van der Waals surface area contributed by atoms with Gasteiger partial charge in [0.15, 0.2) is 0 Å². The van der Waals surface area contributed by atoms with E-state index in [1.165, 1.54) is 5.56 Å². The van der Waals surface area contributed by atoms with Gasteiger partial charge in [0.1, 0.15) is 11.6 Å². The highest BCUT2D eigenvalue weighted by Crippen LogP contribution is 2.22. The molecule has 0 fully saturated rings. The van der Waals surface area contributed by atoms with E-state index >= 15 is 0 Å². The van der Waals surface area contributed by atoms with Crippen molar-refractivity contribution in [2.24, 2.45) is 0 Å². The zero-order chi connectivity index (χ0) is 27.9. The van der Waals surface area contributed by atoms with Gasteiger partial charge in [-0.15, -0.1) is 0 Å². The van der Waals surface area contributed by atoms with Gasteiger partial charge in [0.2, 0.25) is 5.91 Å². The van der Waals surface area contributed by atoms with E-state index in [-0.39, 0.29) is 31.5 Å². The van der Waals surface area contributed by atoms with Crippen LogP contribution in [0.15, 0.2) is 66.7 Å². The number of aryl methyl sites for hydroxylation is 1. The van der Waals surface area contributed by atoms with E-state index in [1.54, 1.807) is 24.3 Å². The van der Waals surface area contributed by atoms with Crippen LogP contribution in [0.3, 0.4) is 0 Å². The molecule has 39 heavy (non-hydrogen) atoms. The molecular formula is C30H31F2N3O4. The van der Waals surface area contributed by atoms with Crippen molar-refractivity contribution < 1.29 is 28.3 Å². The van der Waals surface area contributed by atoms with Crippen LogP contribution in [0.2, 0.25) is 0 Å². The van der Waals surface area contributed by atoms with Gasteiger partial charge in [-0.3, -0.25) is 19.3 Å². The summed E-state index contributed by atoms with van der Waals surface area (Å²) in [5.74, 6) is -2.96. The Morgan fingerprint density at radius 3 is 2.18 bits per heavy atom. The fourth-order valence-corrected chi connectivity index (χ4v) is 4.67. The van der Waals surface area contributed by atoms with Gasteiger partial charge in [-0.1, -0.05) is 43.3 Å². The van der Waals surface area contributed by atoms with Crippen LogP contribution in [-0.4, -0.2) is 53.0 Å². The Bertz CT molecular complexity index is 1310. The molecule has 0 spiro atoms. The number of carbonyl (C=O) groups excluding carboxylic acids is 3. The molecule has 1 aliphatic rings. The molecule has 9 heteroatoms. The Morgan fingerprint density at radius 2 is 1.54 bits per heavy atom. The molecule has 1 aliphatic heterocycles. The molecule has 7 nitrogen and oxygen atoms in total. The predicted molar refractivity (Wildman–Crippen MR) is 142 cm³/mol. The molecule has 0 saturated heterocycles. The van der Waals surface area contributed by atoms with Crippen molar-refractivity contribution >= 4 is 17.7 Å². The molecule has 204 valence electrons. The molecule has 2 atom stereocenters. The van der Waals surface area contributed by atoms with Gasteiger partial charge in [0.05, 0.1) is 23.3 Å². The van der Waals surface area contributed by atoms with E-state index in [1.807, 2.05) is 18.2 Å². The number of fused-ring (bicyclic) bond motifs is 1. The third-order valence-electron chi connectivity index (χ3n) is 6.71. The Balaban J connectivity index is 1.39. The number of hydrogen-bond donors (Lipinski definition) is 3. The highest BCUT2D eigenvalue weighted by molar-refractivity contribution is 6.21. The molecule has 0 aromatic heterocycles. The number of hydrogen-bond acceptors (Lipinski definition) is 5. The van der Waals surface area contributed by atoms with Gasteiger partial charge in [0.25, 0.3) is 11.8 Å². The van der Waals surface area contributed by atoms with Crippen LogP contribution in [-0.2, 0) is 24.2 Å². The Labute approximate surface area is 225 Å². The first-order valence-corrected chi connectivity index (χ1v) is 12.9. The SMILES string of the molecule is CCc1cccc(CNC[C@@H](O)[C@H](Cc2cc(F)cc(F)c2)NC(=O)CCN2C(=O)c3ccccc3C2=O)c1. The molecule has 0 saturated carbocycles. The summed E-state index contributed by atoms with van der Waals surface area (Å²) in [6, 6.07) is 16.6. The van der Waals surface area contributed by atoms with Crippen molar-refractivity contribution in [2.45, 2.75) is 44.9 Å². The van der Waals surface area contributed by atoms with Crippen molar-refractivity contribution in [3.8, 4) is 0 Å². The average molecular weight is 536 g/mol. The second-order valence-corrected chi connectivity index (χ2v) is 9.59. The Kier molecular flexibility index (Phi) is 9.16. The largest absolute Gasteiger partial charge is 0.390 e. The molecule has 3 aromatic rings. The molecule has 3 aromatic carbocycles. The van der Waals surface area contributed by atoms with E-state index in [2.05, 4.69) is 23.6 Å². The van der Waals surface area contributed by atoms with Crippen molar-refractivity contribution in [3.05, 3.63) is 106 Å². The Hall–Kier alpha value is -3.95. The quantitative estimate of drug-likeness (QED) is 0.309. The summed E-state index contributed by atoms with van der Waals surface area (Å²) in [6.45, 7) is 2.52. The minimum absolute atomic E-state index is 0.0262. The number of benzene rings is 3. The number of aliphatic hydroxyl groups excluding tert-OH is 1. The lowest BCUT2D eigenvalue weighted by molar-refractivity contribution is -0.122. The lowest BCUT2D eigenvalue weighted by Crippen LogP contribution is -2.49. The van der Waals surface area contributed by atoms with E-state index in [4.69, 9.17) is 0 Å². The fourth-order valence-electron chi connectivity index (χ4n) is 4.67. The van der Waals surface area contributed by atoms with Crippen LogP contribution >= 0.6 is 0 Å². The third kappa shape index (κ3) is 7.13. The maximum absolute atomic E-state index is 13.8. The van der Waals surface area contributed by atoms with Crippen LogP contribution in [0.5, 0.6) is 0 Å². The van der Waals surface area contributed by atoms with E-state index in [9.17, 15) is 28.3 Å². The van der Waals surface area contributed by atoms with Gasteiger partial charge >= 0.3 is 0 Å². The zero-order valence-electron chi connectivity index (χ0n) is 21.6. The number of aliphatic hydroxyl groups is 1. The molecule has 0 aliphatic carbocycles. The molecular weight excluding hydrogens is 504 g/mol. The second-order valence-electron chi connectivity index (χ2n) is 9.59. The Morgan fingerprint density at radius 1 is 0.897 bits per heavy atom. The van der Waals surface area contributed by atoms with E-state index in [0.717, 1.165) is 35.1 Å². The monoisotopic (exact) mass is 535 g/mol. The number of nitrogens with one attached hydrogen (secondary N) is 2. The highest BCUT2D eigenvalue weighted by Gasteiger charge is 2.35. The van der Waals surface area contributed by atoms with Gasteiger partial charge < -0.3 is 15.7 Å². The maximum atomic E-state index is 13.8. The zero-order valence-corrected chi connectivity index (χ0v) is 21.6. The first-order valence-electron chi connectivity index (χ1n) is 12.9. The van der Waals surface area contributed by atoms with Gasteiger partial charge in [0, 0.05) is 32.1 Å². The molecule has 0 radical (unpaired) electrons. The van der Waals surface area contributed by atoms with Crippen LogP contribution < -0.4 is 10.6 Å². The lowest BCUT2D eigenvalue weighted by atomic mass is 10.00. The lowest BCUT2D eigenvalue weighted by Gasteiger charge is -2.25. The van der Waals surface area contributed by atoms with Crippen LogP contribution in [0, 0.1) is 11.6 Å². The first kappa shape index (κ1) is 28.1. The maximum Gasteiger partial charge on any atom is 0.261 e. The van der Waals surface area contributed by atoms with Crippen LogP contribution in [0.1, 0.15) is 50.8 Å². The second kappa shape index (κ2) is 12.7. The number of nitrogens with zero attached hydrogens (tertiary/aromatic N) is 1. The first-order chi connectivity index (χ1) is 18.7.